The van der Waals surface area contributed by atoms with Crippen LogP contribution in [0.5, 0.6) is 11.5 Å². The number of anilines is 2. The van der Waals surface area contributed by atoms with Crippen LogP contribution in [0.4, 0.5) is 11.4 Å². The van der Waals surface area contributed by atoms with Gasteiger partial charge in [-0.15, -0.1) is 11.3 Å². The molecule has 0 radical (unpaired) electrons. The molecule has 0 aliphatic rings. The summed E-state index contributed by atoms with van der Waals surface area (Å²) < 4.78 is 43.8. The smallest absolute Gasteiger partial charge is 0.271 e. The van der Waals surface area contributed by atoms with Crippen molar-refractivity contribution in [3.8, 4) is 11.5 Å². The third-order valence-electron chi connectivity index (χ3n) is 4.06. The van der Waals surface area contributed by atoms with Crippen LogP contribution in [-0.2, 0) is 14.8 Å². The molecule has 0 spiro atoms. The fourth-order valence-corrected chi connectivity index (χ4v) is 4.90. The molecule has 0 fully saturated rings. The summed E-state index contributed by atoms with van der Waals surface area (Å²) in [5.74, 6) is 1.05. The Balaban J connectivity index is 1.80. The van der Waals surface area contributed by atoms with Gasteiger partial charge < -0.3 is 19.3 Å². The zero-order valence-electron chi connectivity index (χ0n) is 17.3. The fourth-order valence-electron chi connectivity index (χ4n) is 2.63. The molecule has 0 saturated carbocycles. The topological polar surface area (TPSA) is 120 Å². The molecule has 0 saturated heterocycles. The highest BCUT2D eigenvalue weighted by Crippen LogP contribution is 2.30. The van der Waals surface area contributed by atoms with Crippen LogP contribution in [-0.4, -0.2) is 33.7 Å². The first-order valence-electron chi connectivity index (χ1n) is 8.99. The average Bonchev–Trinajstić information content (AvgIpc) is 3.33. The number of hydrogen-bond donors (Lipinski definition) is 2. The maximum absolute atomic E-state index is 12.8. The number of benzene rings is 1. The van der Waals surface area contributed by atoms with Crippen molar-refractivity contribution in [1.29, 1.82) is 0 Å². The van der Waals surface area contributed by atoms with Crippen LogP contribution in [0.1, 0.15) is 23.3 Å². The molecule has 3 rings (SSSR count). The van der Waals surface area contributed by atoms with Gasteiger partial charge in [0.2, 0.25) is 5.91 Å². The Labute approximate surface area is 183 Å². The molecular formula is C20H21N3O6S2. The molecule has 2 heterocycles. The molecule has 0 bridgehead atoms. The van der Waals surface area contributed by atoms with E-state index < -0.39 is 10.0 Å². The van der Waals surface area contributed by atoms with Gasteiger partial charge in [-0.1, -0.05) is 5.16 Å². The number of hydrogen-bond acceptors (Lipinski definition) is 8. The largest absolute Gasteiger partial charge is 0.497 e. The first-order valence-corrected chi connectivity index (χ1v) is 11.3. The molecule has 1 amide bonds. The molecule has 0 aliphatic carbocycles. The Morgan fingerprint density at radius 1 is 1.13 bits per heavy atom. The minimum Gasteiger partial charge on any atom is -0.497 e. The lowest BCUT2D eigenvalue weighted by Crippen LogP contribution is -2.11. The Morgan fingerprint density at radius 2 is 1.81 bits per heavy atom. The first-order chi connectivity index (χ1) is 14.7. The number of methoxy groups -OCH3 is 2. The summed E-state index contributed by atoms with van der Waals surface area (Å²) >= 11 is 1.08. The number of carbonyl (C=O) groups is 1. The number of ether oxygens (including phenoxy) is 2. The number of nitrogens with one attached hydrogen (secondary N) is 2. The van der Waals surface area contributed by atoms with Crippen LogP contribution in [0.3, 0.4) is 0 Å². The van der Waals surface area contributed by atoms with Gasteiger partial charge in [0.1, 0.15) is 27.1 Å². The molecule has 164 valence electrons. The quantitative estimate of drug-likeness (QED) is 0.518. The van der Waals surface area contributed by atoms with Crippen molar-refractivity contribution in [2.75, 3.05) is 24.3 Å². The SMILES string of the molecule is COc1cc(NS(=O)(=O)c2ccc(C=Cc3onc(C)c3NC(C)=O)s2)cc(OC)c1. The molecule has 9 nitrogen and oxygen atoms in total. The van der Waals surface area contributed by atoms with Gasteiger partial charge in [0.05, 0.1) is 19.9 Å². The van der Waals surface area contributed by atoms with Crippen molar-refractivity contribution >= 4 is 50.8 Å². The lowest BCUT2D eigenvalue weighted by molar-refractivity contribution is -0.114. The Bertz CT molecular complexity index is 1210. The molecule has 11 heteroatoms. The molecular weight excluding hydrogens is 442 g/mol. The first kappa shape index (κ1) is 22.4. The van der Waals surface area contributed by atoms with E-state index in [4.69, 9.17) is 14.0 Å². The third kappa shape index (κ3) is 5.44. The standard InChI is InChI=1S/C20H21N3O6S2/c1-12-20(21-13(2)24)18(29-22-12)7-5-17-6-8-19(30-17)31(25,26)23-14-9-15(27-3)11-16(10-14)28-4/h5-11,23H,1-4H3,(H,21,24). The second-order valence-electron chi connectivity index (χ2n) is 6.39. The second-order valence-corrected chi connectivity index (χ2v) is 9.41. The van der Waals surface area contributed by atoms with E-state index in [1.807, 2.05) is 0 Å². The summed E-state index contributed by atoms with van der Waals surface area (Å²) in [5, 5.41) is 6.50. The summed E-state index contributed by atoms with van der Waals surface area (Å²) in [7, 11) is -0.846. The zero-order valence-corrected chi connectivity index (χ0v) is 18.9. The number of nitrogens with zero attached hydrogens (tertiary/aromatic N) is 1. The maximum Gasteiger partial charge on any atom is 0.271 e. The summed E-state index contributed by atoms with van der Waals surface area (Å²) in [6.07, 6.45) is 3.30. The third-order valence-corrected chi connectivity index (χ3v) is 6.98. The van der Waals surface area contributed by atoms with Crippen molar-refractivity contribution in [1.82, 2.24) is 5.16 Å². The summed E-state index contributed by atoms with van der Waals surface area (Å²) in [6, 6.07) is 7.94. The van der Waals surface area contributed by atoms with Crippen molar-refractivity contribution in [3.63, 3.8) is 0 Å². The predicted molar refractivity (Wildman–Crippen MR) is 119 cm³/mol. The van der Waals surface area contributed by atoms with Gasteiger partial charge in [-0.3, -0.25) is 9.52 Å². The number of thiophene rings is 1. The molecule has 0 unspecified atom stereocenters. The summed E-state index contributed by atoms with van der Waals surface area (Å²) in [5.41, 5.74) is 1.34. The lowest BCUT2D eigenvalue weighted by Gasteiger charge is -2.10. The van der Waals surface area contributed by atoms with E-state index >= 15 is 0 Å². The van der Waals surface area contributed by atoms with Gasteiger partial charge >= 0.3 is 0 Å². The minimum atomic E-state index is -3.81. The lowest BCUT2D eigenvalue weighted by atomic mass is 10.2. The highest BCUT2D eigenvalue weighted by atomic mass is 32.2. The zero-order chi connectivity index (χ0) is 22.6. The molecule has 1 aromatic carbocycles. The number of amides is 1. The monoisotopic (exact) mass is 463 g/mol. The Morgan fingerprint density at radius 3 is 2.42 bits per heavy atom. The van der Waals surface area contributed by atoms with Crippen molar-refractivity contribution < 1.29 is 27.2 Å². The van der Waals surface area contributed by atoms with E-state index in [-0.39, 0.29) is 10.1 Å². The number of carbonyl (C=O) groups excluding carboxylic acids is 1. The van der Waals surface area contributed by atoms with E-state index in [0.717, 1.165) is 11.3 Å². The van der Waals surface area contributed by atoms with E-state index in [9.17, 15) is 13.2 Å². The van der Waals surface area contributed by atoms with Gasteiger partial charge in [0, 0.05) is 30.0 Å². The number of aromatic nitrogens is 1. The van der Waals surface area contributed by atoms with Gasteiger partial charge in [0.25, 0.3) is 10.0 Å². The van der Waals surface area contributed by atoms with Crippen molar-refractivity contribution in [2.45, 2.75) is 18.1 Å². The number of aryl methyl sites for hydroxylation is 1. The van der Waals surface area contributed by atoms with Crippen molar-refractivity contribution in [3.05, 3.63) is 46.7 Å². The Kier molecular flexibility index (Phi) is 6.66. The molecule has 0 atom stereocenters. The molecule has 2 aromatic heterocycles. The minimum absolute atomic E-state index is 0.129. The predicted octanol–water partition coefficient (Wildman–Crippen LogP) is 3.99. The van der Waals surface area contributed by atoms with E-state index in [0.29, 0.717) is 39.2 Å². The van der Waals surface area contributed by atoms with Gasteiger partial charge in [0.15, 0.2) is 5.76 Å². The second kappa shape index (κ2) is 9.23. The van der Waals surface area contributed by atoms with Crippen LogP contribution in [0.2, 0.25) is 0 Å². The Hall–Kier alpha value is -3.31. The molecule has 2 N–H and O–H groups in total. The van der Waals surface area contributed by atoms with E-state index in [2.05, 4.69) is 15.2 Å². The van der Waals surface area contributed by atoms with Crippen LogP contribution < -0.4 is 19.5 Å². The highest BCUT2D eigenvalue weighted by molar-refractivity contribution is 7.94. The van der Waals surface area contributed by atoms with E-state index in [1.165, 1.54) is 27.2 Å². The van der Waals surface area contributed by atoms with Crippen LogP contribution in [0.25, 0.3) is 12.2 Å². The summed E-state index contributed by atoms with van der Waals surface area (Å²) in [6.45, 7) is 3.10. The van der Waals surface area contributed by atoms with Crippen LogP contribution in [0, 0.1) is 6.92 Å². The molecule has 31 heavy (non-hydrogen) atoms. The highest BCUT2D eigenvalue weighted by Gasteiger charge is 2.18. The van der Waals surface area contributed by atoms with Crippen LogP contribution in [0.15, 0.2) is 39.1 Å². The van der Waals surface area contributed by atoms with Crippen LogP contribution >= 0.6 is 11.3 Å². The fraction of sp³-hybridized carbons (Fsp3) is 0.200. The molecule has 3 aromatic rings. The van der Waals surface area contributed by atoms with Crippen molar-refractivity contribution in [2.24, 2.45) is 0 Å². The average molecular weight is 464 g/mol. The van der Waals surface area contributed by atoms with Gasteiger partial charge in [-0.25, -0.2) is 8.42 Å². The maximum atomic E-state index is 12.8. The van der Waals surface area contributed by atoms with Gasteiger partial charge in [-0.05, 0) is 31.2 Å². The normalized spacial score (nSPS) is 11.5. The summed E-state index contributed by atoms with van der Waals surface area (Å²) in [4.78, 5) is 12.0. The number of rotatable bonds is 8. The van der Waals surface area contributed by atoms with E-state index in [1.54, 1.807) is 43.3 Å². The number of sulfonamides is 1. The van der Waals surface area contributed by atoms with Gasteiger partial charge in [-0.2, -0.15) is 0 Å². The molecule has 0 aliphatic heterocycles.